The summed E-state index contributed by atoms with van der Waals surface area (Å²) in [5.74, 6) is 2.03. The summed E-state index contributed by atoms with van der Waals surface area (Å²) in [4.78, 5) is 0. The molecule has 0 radical (unpaired) electrons. The molecule has 0 saturated heterocycles. The second kappa shape index (κ2) is 17.4. The van der Waals surface area contributed by atoms with Crippen molar-refractivity contribution in [2.45, 2.75) is 130 Å². The number of hydrogen-bond acceptors (Lipinski definition) is 0. The molecular weight excluding hydrogens is 264 g/mol. The van der Waals surface area contributed by atoms with E-state index < -0.39 is 0 Å². The summed E-state index contributed by atoms with van der Waals surface area (Å²) in [6.07, 6.45) is 23.2. The highest BCUT2D eigenvalue weighted by Crippen LogP contribution is 2.29. The predicted molar refractivity (Wildman–Crippen MR) is 104 cm³/mol. The van der Waals surface area contributed by atoms with E-state index in [0.29, 0.717) is 0 Å². The molecule has 0 aromatic rings. The van der Waals surface area contributed by atoms with Crippen LogP contribution in [0.15, 0.2) is 0 Å². The van der Waals surface area contributed by atoms with Gasteiger partial charge in [-0.25, -0.2) is 0 Å². The van der Waals surface area contributed by atoms with Crippen LogP contribution in [-0.4, -0.2) is 0 Å². The maximum absolute atomic E-state index is 2.42. The van der Waals surface area contributed by atoms with E-state index in [2.05, 4.69) is 27.7 Å². The molecule has 0 spiro atoms. The molecule has 0 aliphatic carbocycles. The maximum Gasteiger partial charge on any atom is -0.0412 e. The minimum Gasteiger partial charge on any atom is -0.0654 e. The molecule has 2 atom stereocenters. The molecule has 134 valence electrons. The van der Waals surface area contributed by atoms with Crippen molar-refractivity contribution in [3.63, 3.8) is 0 Å². The Kier molecular flexibility index (Phi) is 17.4. The van der Waals surface area contributed by atoms with Gasteiger partial charge in [-0.3, -0.25) is 0 Å². The highest BCUT2D eigenvalue weighted by Gasteiger charge is 2.15. The molecule has 0 heterocycles. The minimum atomic E-state index is 1.01. The van der Waals surface area contributed by atoms with E-state index >= 15 is 0 Å². The van der Waals surface area contributed by atoms with Crippen LogP contribution in [0.1, 0.15) is 130 Å². The van der Waals surface area contributed by atoms with E-state index in [0.717, 1.165) is 11.8 Å². The summed E-state index contributed by atoms with van der Waals surface area (Å²) in [5, 5.41) is 0. The second-order valence-corrected chi connectivity index (χ2v) is 7.57. The molecule has 0 heteroatoms. The summed E-state index contributed by atoms with van der Waals surface area (Å²) in [5.41, 5.74) is 0. The average molecular weight is 311 g/mol. The van der Waals surface area contributed by atoms with Gasteiger partial charge in [0.2, 0.25) is 0 Å². The fourth-order valence-electron chi connectivity index (χ4n) is 3.73. The fraction of sp³-hybridized carbons (Fsp3) is 1.00. The molecule has 0 aliphatic rings. The van der Waals surface area contributed by atoms with Gasteiger partial charge in [0.1, 0.15) is 0 Å². The lowest BCUT2D eigenvalue weighted by atomic mass is 9.83. The molecule has 0 saturated carbocycles. The molecule has 0 N–H and O–H groups in total. The smallest absolute Gasteiger partial charge is 0.0412 e. The molecule has 0 nitrogen and oxygen atoms in total. The average Bonchev–Trinajstić information content (AvgIpc) is 2.54. The Labute approximate surface area is 142 Å². The van der Waals surface area contributed by atoms with Gasteiger partial charge >= 0.3 is 0 Å². The first-order chi connectivity index (χ1) is 10.8. The van der Waals surface area contributed by atoms with Crippen molar-refractivity contribution in [2.75, 3.05) is 0 Å². The Morgan fingerprint density at radius 2 is 0.909 bits per heavy atom. The molecule has 0 amide bonds. The summed E-state index contributed by atoms with van der Waals surface area (Å²) in [7, 11) is 0. The maximum atomic E-state index is 2.42. The van der Waals surface area contributed by atoms with Gasteiger partial charge in [-0.05, 0) is 18.3 Å². The molecule has 2 unspecified atom stereocenters. The molecule has 0 aromatic heterocycles. The van der Waals surface area contributed by atoms with E-state index in [-0.39, 0.29) is 0 Å². The monoisotopic (exact) mass is 310 g/mol. The van der Waals surface area contributed by atoms with Crippen LogP contribution in [0.5, 0.6) is 0 Å². The largest absolute Gasteiger partial charge is 0.0654 e. The lowest BCUT2D eigenvalue weighted by Gasteiger charge is -2.23. The van der Waals surface area contributed by atoms with E-state index in [1.807, 2.05) is 0 Å². The van der Waals surface area contributed by atoms with Crippen molar-refractivity contribution in [2.24, 2.45) is 11.8 Å². The van der Waals surface area contributed by atoms with E-state index in [1.54, 1.807) is 0 Å². The van der Waals surface area contributed by atoms with E-state index in [9.17, 15) is 0 Å². The molecule has 22 heavy (non-hydrogen) atoms. The first kappa shape index (κ1) is 22.0. The first-order valence-corrected chi connectivity index (χ1v) is 10.8. The van der Waals surface area contributed by atoms with Crippen LogP contribution < -0.4 is 0 Å². The standard InChI is InChI=1S/C22H46/c1-5-9-12-14-16-19-22(17-11-7-3)20-21(8-4)18-15-13-10-6-2/h21-22H,5-20H2,1-4H3. The third-order valence-corrected chi connectivity index (χ3v) is 5.39. The molecule has 0 rings (SSSR count). The molecular formula is C22H46. The Morgan fingerprint density at radius 3 is 1.45 bits per heavy atom. The summed E-state index contributed by atoms with van der Waals surface area (Å²) < 4.78 is 0. The zero-order valence-electron chi connectivity index (χ0n) is 16.5. The molecule has 0 bridgehead atoms. The van der Waals surface area contributed by atoms with Crippen molar-refractivity contribution in [3.8, 4) is 0 Å². The van der Waals surface area contributed by atoms with Crippen molar-refractivity contribution in [1.82, 2.24) is 0 Å². The van der Waals surface area contributed by atoms with Crippen molar-refractivity contribution >= 4 is 0 Å². The number of unbranched alkanes of at least 4 members (excludes halogenated alkanes) is 8. The van der Waals surface area contributed by atoms with Gasteiger partial charge in [-0.2, -0.15) is 0 Å². The second-order valence-electron chi connectivity index (χ2n) is 7.57. The third kappa shape index (κ3) is 13.6. The van der Waals surface area contributed by atoms with Crippen molar-refractivity contribution in [1.29, 1.82) is 0 Å². The van der Waals surface area contributed by atoms with Gasteiger partial charge in [-0.1, -0.05) is 124 Å². The van der Waals surface area contributed by atoms with Gasteiger partial charge in [0.05, 0.1) is 0 Å². The van der Waals surface area contributed by atoms with Crippen LogP contribution in [0.25, 0.3) is 0 Å². The lowest BCUT2D eigenvalue weighted by Crippen LogP contribution is -2.09. The van der Waals surface area contributed by atoms with E-state index in [1.165, 1.54) is 103 Å². The zero-order valence-corrected chi connectivity index (χ0v) is 16.5. The highest BCUT2D eigenvalue weighted by atomic mass is 14.2. The summed E-state index contributed by atoms with van der Waals surface area (Å²) >= 11 is 0. The number of hydrogen-bond donors (Lipinski definition) is 0. The van der Waals surface area contributed by atoms with Crippen LogP contribution in [0.4, 0.5) is 0 Å². The Hall–Kier alpha value is 0. The van der Waals surface area contributed by atoms with Gasteiger partial charge in [-0.15, -0.1) is 0 Å². The van der Waals surface area contributed by atoms with Gasteiger partial charge in [0.15, 0.2) is 0 Å². The third-order valence-electron chi connectivity index (χ3n) is 5.39. The minimum absolute atomic E-state index is 1.01. The Morgan fingerprint density at radius 1 is 0.455 bits per heavy atom. The summed E-state index contributed by atoms with van der Waals surface area (Å²) in [6, 6.07) is 0. The molecule has 0 aromatic carbocycles. The zero-order chi connectivity index (χ0) is 16.5. The predicted octanol–water partition coefficient (Wildman–Crippen LogP) is 8.54. The van der Waals surface area contributed by atoms with Gasteiger partial charge < -0.3 is 0 Å². The normalized spacial score (nSPS) is 14.2. The van der Waals surface area contributed by atoms with Crippen LogP contribution in [0, 0.1) is 11.8 Å². The van der Waals surface area contributed by atoms with Crippen LogP contribution in [0.3, 0.4) is 0 Å². The quantitative estimate of drug-likeness (QED) is 0.236. The first-order valence-electron chi connectivity index (χ1n) is 10.8. The lowest BCUT2D eigenvalue weighted by molar-refractivity contribution is 0.296. The van der Waals surface area contributed by atoms with Gasteiger partial charge in [0.25, 0.3) is 0 Å². The van der Waals surface area contributed by atoms with Crippen LogP contribution in [0.2, 0.25) is 0 Å². The topological polar surface area (TPSA) is 0 Å². The summed E-state index contributed by atoms with van der Waals surface area (Å²) in [6.45, 7) is 9.40. The SMILES string of the molecule is CCCCCCCC(CCCC)CC(CC)CCCCCC. The van der Waals surface area contributed by atoms with Crippen LogP contribution in [-0.2, 0) is 0 Å². The Bertz CT molecular complexity index is 196. The fourth-order valence-corrected chi connectivity index (χ4v) is 3.73. The van der Waals surface area contributed by atoms with Gasteiger partial charge in [0, 0.05) is 0 Å². The van der Waals surface area contributed by atoms with E-state index in [4.69, 9.17) is 0 Å². The Balaban J connectivity index is 3.99. The molecule has 0 fully saturated rings. The van der Waals surface area contributed by atoms with Crippen molar-refractivity contribution < 1.29 is 0 Å². The van der Waals surface area contributed by atoms with Crippen molar-refractivity contribution in [3.05, 3.63) is 0 Å². The number of rotatable bonds is 17. The highest BCUT2D eigenvalue weighted by molar-refractivity contribution is 4.67. The van der Waals surface area contributed by atoms with Crippen LogP contribution >= 0.6 is 0 Å². The molecule has 0 aliphatic heterocycles.